The molecule has 1 aliphatic rings. The SMILES string of the molecule is CC(Cn1ccc(-c2ccc(C#N)c(Cl)c2)n1)NC(=O)c1cn(C[C@@]2(C)CO2)cn1. The average molecular weight is 425 g/mol. The predicted octanol–water partition coefficient (Wildman–Crippen LogP) is 2.88. The van der Waals surface area contributed by atoms with Crippen molar-refractivity contribution in [3.63, 3.8) is 0 Å². The van der Waals surface area contributed by atoms with Crippen LogP contribution in [-0.4, -0.2) is 43.5 Å². The fourth-order valence-corrected chi connectivity index (χ4v) is 3.39. The fourth-order valence-electron chi connectivity index (χ4n) is 3.17. The van der Waals surface area contributed by atoms with Crippen LogP contribution in [0.5, 0.6) is 0 Å². The molecule has 2 aromatic heterocycles. The van der Waals surface area contributed by atoms with Gasteiger partial charge in [0.25, 0.3) is 5.91 Å². The summed E-state index contributed by atoms with van der Waals surface area (Å²) in [6, 6.07) is 8.97. The number of hydrogen-bond donors (Lipinski definition) is 1. The number of epoxide rings is 1. The van der Waals surface area contributed by atoms with Crippen molar-refractivity contribution >= 4 is 17.5 Å². The number of amides is 1. The Labute approximate surface area is 179 Å². The van der Waals surface area contributed by atoms with E-state index in [0.717, 1.165) is 17.9 Å². The zero-order valence-electron chi connectivity index (χ0n) is 16.7. The van der Waals surface area contributed by atoms with E-state index in [4.69, 9.17) is 21.6 Å². The molecule has 1 amide bonds. The summed E-state index contributed by atoms with van der Waals surface area (Å²) < 4.78 is 9.00. The number of imidazole rings is 1. The topological polar surface area (TPSA) is 101 Å². The first-order valence-electron chi connectivity index (χ1n) is 9.55. The van der Waals surface area contributed by atoms with E-state index in [1.54, 1.807) is 29.3 Å². The first-order chi connectivity index (χ1) is 14.3. The van der Waals surface area contributed by atoms with E-state index in [0.29, 0.717) is 29.4 Å². The summed E-state index contributed by atoms with van der Waals surface area (Å²) >= 11 is 6.11. The summed E-state index contributed by atoms with van der Waals surface area (Å²) in [5.41, 5.74) is 2.23. The maximum atomic E-state index is 12.5. The van der Waals surface area contributed by atoms with Gasteiger partial charge < -0.3 is 14.6 Å². The number of nitrogens with one attached hydrogen (secondary N) is 1. The molecule has 2 atom stereocenters. The van der Waals surface area contributed by atoms with Gasteiger partial charge in [-0.2, -0.15) is 10.4 Å². The van der Waals surface area contributed by atoms with Crippen molar-refractivity contribution in [2.45, 2.75) is 38.6 Å². The van der Waals surface area contributed by atoms with E-state index in [2.05, 4.69) is 15.4 Å². The number of nitrogens with zero attached hydrogens (tertiary/aromatic N) is 5. The van der Waals surface area contributed by atoms with Crippen molar-refractivity contribution in [2.75, 3.05) is 6.61 Å². The van der Waals surface area contributed by atoms with Gasteiger partial charge in [-0.25, -0.2) is 4.98 Å². The Morgan fingerprint density at radius 3 is 2.97 bits per heavy atom. The van der Waals surface area contributed by atoms with Crippen LogP contribution in [-0.2, 0) is 17.8 Å². The Kier molecular flexibility index (Phi) is 5.33. The fraction of sp³-hybridized carbons (Fsp3) is 0.333. The Bertz CT molecular complexity index is 1120. The Morgan fingerprint density at radius 2 is 2.27 bits per heavy atom. The van der Waals surface area contributed by atoms with Gasteiger partial charge in [0.05, 0.1) is 42.3 Å². The van der Waals surface area contributed by atoms with Crippen LogP contribution in [0.25, 0.3) is 11.3 Å². The molecule has 4 rings (SSSR count). The molecular weight excluding hydrogens is 404 g/mol. The molecule has 0 saturated carbocycles. The van der Waals surface area contributed by atoms with Crippen LogP contribution in [0.15, 0.2) is 43.0 Å². The Morgan fingerprint density at radius 1 is 1.47 bits per heavy atom. The van der Waals surface area contributed by atoms with Crippen LogP contribution < -0.4 is 5.32 Å². The molecule has 1 aliphatic heterocycles. The summed E-state index contributed by atoms with van der Waals surface area (Å²) in [6.45, 7) is 5.85. The van der Waals surface area contributed by atoms with Crippen molar-refractivity contribution < 1.29 is 9.53 Å². The molecule has 3 aromatic rings. The van der Waals surface area contributed by atoms with Crippen molar-refractivity contribution in [1.82, 2.24) is 24.6 Å². The standard InChI is InChI=1S/C21H21ClN6O2/c1-14(25-20(29)19-10-27(13-24-19)11-21(2)12-30-21)9-28-6-5-18(26-28)15-3-4-16(8-23)17(22)7-15/h3-7,10,13-14H,9,11-12H2,1-2H3,(H,25,29)/t14?,21-/m0/s1. The maximum absolute atomic E-state index is 12.5. The van der Waals surface area contributed by atoms with Gasteiger partial charge in [-0.15, -0.1) is 0 Å². The molecule has 1 fully saturated rings. The molecule has 0 spiro atoms. The van der Waals surface area contributed by atoms with E-state index in [1.165, 1.54) is 0 Å². The number of carbonyl (C=O) groups is 1. The van der Waals surface area contributed by atoms with Crippen LogP contribution >= 0.6 is 11.6 Å². The normalized spacial score (nSPS) is 18.6. The number of hydrogen-bond acceptors (Lipinski definition) is 5. The molecule has 1 unspecified atom stereocenters. The lowest BCUT2D eigenvalue weighted by molar-refractivity contribution is 0.0931. The summed E-state index contributed by atoms with van der Waals surface area (Å²) in [4.78, 5) is 16.7. The number of aromatic nitrogens is 4. The van der Waals surface area contributed by atoms with Crippen molar-refractivity contribution in [1.29, 1.82) is 5.26 Å². The lowest BCUT2D eigenvalue weighted by atomic mass is 10.1. The minimum atomic E-state index is -0.227. The molecule has 1 saturated heterocycles. The Hall–Kier alpha value is -3.15. The van der Waals surface area contributed by atoms with Crippen molar-refractivity contribution in [3.8, 4) is 17.3 Å². The monoisotopic (exact) mass is 424 g/mol. The van der Waals surface area contributed by atoms with Crippen molar-refractivity contribution in [2.24, 2.45) is 0 Å². The molecule has 0 bridgehead atoms. The Balaban J connectivity index is 1.35. The number of ether oxygens (including phenoxy) is 1. The lowest BCUT2D eigenvalue weighted by Gasteiger charge is -2.13. The number of nitriles is 1. The van der Waals surface area contributed by atoms with Crippen LogP contribution in [0.4, 0.5) is 0 Å². The summed E-state index contributed by atoms with van der Waals surface area (Å²) in [7, 11) is 0. The highest BCUT2D eigenvalue weighted by atomic mass is 35.5. The van der Waals surface area contributed by atoms with Gasteiger partial charge in [0.1, 0.15) is 17.4 Å². The van der Waals surface area contributed by atoms with Crippen LogP contribution in [0, 0.1) is 11.3 Å². The predicted molar refractivity (Wildman–Crippen MR) is 111 cm³/mol. The molecule has 9 heteroatoms. The van der Waals surface area contributed by atoms with Gasteiger partial charge in [-0.05, 0) is 32.0 Å². The lowest BCUT2D eigenvalue weighted by Crippen LogP contribution is -2.36. The highest BCUT2D eigenvalue weighted by molar-refractivity contribution is 6.32. The molecule has 0 radical (unpaired) electrons. The highest BCUT2D eigenvalue weighted by Gasteiger charge is 2.39. The smallest absolute Gasteiger partial charge is 0.271 e. The van der Waals surface area contributed by atoms with Gasteiger partial charge in [0.15, 0.2) is 0 Å². The second kappa shape index (κ2) is 7.94. The third kappa shape index (κ3) is 4.53. The van der Waals surface area contributed by atoms with Gasteiger partial charge in [0.2, 0.25) is 0 Å². The zero-order chi connectivity index (χ0) is 21.3. The van der Waals surface area contributed by atoms with E-state index < -0.39 is 0 Å². The minimum Gasteiger partial charge on any atom is -0.368 e. The molecule has 30 heavy (non-hydrogen) atoms. The van der Waals surface area contributed by atoms with Crippen LogP contribution in [0.1, 0.15) is 29.9 Å². The van der Waals surface area contributed by atoms with Crippen LogP contribution in [0.2, 0.25) is 5.02 Å². The van der Waals surface area contributed by atoms with E-state index in [1.807, 2.05) is 42.8 Å². The van der Waals surface area contributed by atoms with Crippen LogP contribution in [0.3, 0.4) is 0 Å². The highest BCUT2D eigenvalue weighted by Crippen LogP contribution is 2.27. The third-order valence-electron chi connectivity index (χ3n) is 4.88. The molecule has 1 N–H and O–H groups in total. The molecule has 1 aromatic carbocycles. The summed E-state index contributed by atoms with van der Waals surface area (Å²) in [5.74, 6) is -0.227. The first-order valence-corrected chi connectivity index (χ1v) is 9.93. The van der Waals surface area contributed by atoms with E-state index in [9.17, 15) is 4.79 Å². The minimum absolute atomic E-state index is 0.140. The van der Waals surface area contributed by atoms with Gasteiger partial charge in [0, 0.05) is 24.0 Å². The molecule has 0 aliphatic carbocycles. The second-order valence-corrected chi connectivity index (χ2v) is 8.18. The third-order valence-corrected chi connectivity index (χ3v) is 5.20. The summed E-state index contributed by atoms with van der Waals surface area (Å²) in [6.07, 6.45) is 5.22. The van der Waals surface area contributed by atoms with Gasteiger partial charge in [-0.3, -0.25) is 9.48 Å². The quantitative estimate of drug-likeness (QED) is 0.587. The maximum Gasteiger partial charge on any atom is 0.271 e. The molecule has 3 heterocycles. The summed E-state index contributed by atoms with van der Waals surface area (Å²) in [5, 5.41) is 16.9. The van der Waals surface area contributed by atoms with Gasteiger partial charge >= 0.3 is 0 Å². The van der Waals surface area contributed by atoms with E-state index >= 15 is 0 Å². The van der Waals surface area contributed by atoms with E-state index in [-0.39, 0.29) is 17.6 Å². The molecule has 8 nitrogen and oxygen atoms in total. The average Bonchev–Trinajstić information content (AvgIpc) is 3.09. The number of carbonyl (C=O) groups excluding carboxylic acids is 1. The number of halogens is 1. The largest absolute Gasteiger partial charge is 0.368 e. The zero-order valence-corrected chi connectivity index (χ0v) is 17.4. The molecular formula is C21H21ClN6O2. The first kappa shape index (κ1) is 20.1. The number of benzene rings is 1. The van der Waals surface area contributed by atoms with Gasteiger partial charge in [-0.1, -0.05) is 17.7 Å². The molecule has 154 valence electrons. The number of rotatable bonds is 7. The van der Waals surface area contributed by atoms with Crippen molar-refractivity contribution in [3.05, 3.63) is 59.3 Å². The second-order valence-electron chi connectivity index (χ2n) is 7.77.